The van der Waals surface area contributed by atoms with Gasteiger partial charge in [0, 0.05) is 23.2 Å². The fraction of sp³-hybridized carbons (Fsp3) is 0.125. The number of methoxy groups -OCH3 is 1. The molecule has 160 valence electrons. The Morgan fingerprint density at radius 3 is 2.53 bits per heavy atom. The van der Waals surface area contributed by atoms with Crippen LogP contribution in [0.4, 0.5) is 5.82 Å². The number of esters is 1. The van der Waals surface area contributed by atoms with Gasteiger partial charge in [-0.05, 0) is 35.2 Å². The van der Waals surface area contributed by atoms with Crippen molar-refractivity contribution >= 4 is 33.2 Å². The lowest BCUT2D eigenvalue weighted by Gasteiger charge is -2.10. The van der Waals surface area contributed by atoms with Gasteiger partial charge in [0.05, 0.1) is 29.0 Å². The molecule has 8 heteroatoms. The summed E-state index contributed by atoms with van der Waals surface area (Å²) in [7, 11) is 1.33. The van der Waals surface area contributed by atoms with Gasteiger partial charge in [-0.25, -0.2) is 9.78 Å². The number of rotatable bonds is 7. The zero-order valence-corrected chi connectivity index (χ0v) is 18.0. The molecule has 7 nitrogen and oxygen atoms in total. The van der Waals surface area contributed by atoms with Gasteiger partial charge < -0.3 is 19.9 Å². The number of nitrogens with zero attached hydrogens (tertiary/aromatic N) is 2. The van der Waals surface area contributed by atoms with Gasteiger partial charge in [-0.1, -0.05) is 18.2 Å². The molecule has 0 saturated heterocycles. The fourth-order valence-electron chi connectivity index (χ4n) is 3.15. The number of carbonyl (C=O) groups is 1. The Morgan fingerprint density at radius 2 is 1.84 bits per heavy atom. The quantitative estimate of drug-likeness (QED) is 0.411. The maximum absolute atomic E-state index is 12.0. The Morgan fingerprint density at radius 1 is 1.12 bits per heavy atom. The van der Waals surface area contributed by atoms with Crippen molar-refractivity contribution in [3.8, 4) is 17.6 Å². The first kappa shape index (κ1) is 21.2. The van der Waals surface area contributed by atoms with E-state index in [9.17, 15) is 4.79 Å². The molecular weight excluding hydrogens is 426 g/mol. The SMILES string of the molecule is COC(=O)c1cnc(N)c2c(COc3cccc(OCc4ccc(C#N)cc4)c3)csc12. The van der Waals surface area contributed by atoms with Gasteiger partial charge in [0.1, 0.15) is 30.5 Å². The maximum atomic E-state index is 12.0. The van der Waals surface area contributed by atoms with Crippen LogP contribution in [0.15, 0.2) is 60.1 Å². The lowest BCUT2D eigenvalue weighted by molar-refractivity contribution is 0.0603. The average molecular weight is 446 g/mol. The van der Waals surface area contributed by atoms with Crippen LogP contribution in [0.5, 0.6) is 11.5 Å². The average Bonchev–Trinajstić information content (AvgIpc) is 3.27. The maximum Gasteiger partial charge on any atom is 0.340 e. The van der Waals surface area contributed by atoms with E-state index in [1.807, 2.05) is 35.7 Å². The van der Waals surface area contributed by atoms with Gasteiger partial charge in [0.15, 0.2) is 0 Å². The Bertz CT molecular complexity index is 1310. The third-order valence-electron chi connectivity index (χ3n) is 4.79. The van der Waals surface area contributed by atoms with Crippen molar-refractivity contribution < 1.29 is 19.0 Å². The first-order valence-electron chi connectivity index (χ1n) is 9.66. The number of thiophene rings is 1. The zero-order chi connectivity index (χ0) is 22.5. The van der Waals surface area contributed by atoms with Crippen LogP contribution < -0.4 is 15.2 Å². The van der Waals surface area contributed by atoms with Gasteiger partial charge in [0.2, 0.25) is 0 Å². The summed E-state index contributed by atoms with van der Waals surface area (Å²) in [5.74, 6) is 1.18. The second-order valence-corrected chi connectivity index (χ2v) is 7.75. The molecule has 32 heavy (non-hydrogen) atoms. The Balaban J connectivity index is 1.46. The van der Waals surface area contributed by atoms with Crippen molar-refractivity contribution in [1.29, 1.82) is 5.26 Å². The van der Waals surface area contributed by atoms with Crippen LogP contribution in [0, 0.1) is 11.3 Å². The number of anilines is 1. The fourth-order valence-corrected chi connectivity index (χ4v) is 4.21. The molecule has 0 saturated carbocycles. The van der Waals surface area contributed by atoms with Crippen LogP contribution in [-0.2, 0) is 18.0 Å². The smallest absolute Gasteiger partial charge is 0.340 e. The number of nitriles is 1. The molecular formula is C24H19N3O4S. The normalized spacial score (nSPS) is 10.5. The van der Waals surface area contributed by atoms with E-state index < -0.39 is 5.97 Å². The van der Waals surface area contributed by atoms with Gasteiger partial charge in [0.25, 0.3) is 0 Å². The topological polar surface area (TPSA) is 107 Å². The Hall–Kier alpha value is -4.09. The van der Waals surface area contributed by atoms with Gasteiger partial charge >= 0.3 is 5.97 Å². The minimum absolute atomic E-state index is 0.260. The van der Waals surface area contributed by atoms with E-state index in [0.717, 1.165) is 15.8 Å². The zero-order valence-electron chi connectivity index (χ0n) is 17.2. The molecule has 0 atom stereocenters. The number of nitrogens with two attached hydrogens (primary N) is 1. The summed E-state index contributed by atoms with van der Waals surface area (Å²) in [6.45, 7) is 0.637. The first-order chi connectivity index (χ1) is 15.6. The highest BCUT2D eigenvalue weighted by Crippen LogP contribution is 2.33. The number of fused-ring (bicyclic) bond motifs is 1. The van der Waals surface area contributed by atoms with Gasteiger partial charge in [-0.15, -0.1) is 11.3 Å². The second-order valence-electron chi connectivity index (χ2n) is 6.87. The molecule has 0 spiro atoms. The number of ether oxygens (including phenoxy) is 3. The van der Waals surface area contributed by atoms with Crippen LogP contribution in [0.2, 0.25) is 0 Å². The molecule has 0 bridgehead atoms. The highest BCUT2D eigenvalue weighted by molar-refractivity contribution is 7.17. The summed E-state index contributed by atoms with van der Waals surface area (Å²) < 4.78 is 17.4. The molecule has 2 heterocycles. The molecule has 4 aromatic rings. The largest absolute Gasteiger partial charge is 0.489 e. The molecule has 0 radical (unpaired) electrons. The number of carbonyl (C=O) groups excluding carboxylic acids is 1. The standard InChI is InChI=1S/C24H19N3O4S/c1-29-24(28)20-11-27-23(26)21-17(14-32-22(20)21)13-31-19-4-2-3-18(9-19)30-12-16-7-5-15(10-25)6-8-16/h2-9,11,14H,12-13H2,1H3,(H2,26,27). The van der Waals surface area contributed by atoms with E-state index in [-0.39, 0.29) is 6.61 Å². The molecule has 0 unspecified atom stereocenters. The summed E-state index contributed by atoms with van der Waals surface area (Å²) >= 11 is 1.40. The Kier molecular flexibility index (Phi) is 6.19. The molecule has 4 rings (SSSR count). The summed E-state index contributed by atoms with van der Waals surface area (Å²) in [5, 5.41) is 11.5. The number of aromatic nitrogens is 1. The van der Waals surface area contributed by atoms with Crippen LogP contribution in [0.3, 0.4) is 0 Å². The lowest BCUT2D eigenvalue weighted by Crippen LogP contribution is -2.04. The van der Waals surface area contributed by atoms with Crippen molar-refractivity contribution in [2.75, 3.05) is 12.8 Å². The molecule has 0 aliphatic carbocycles. The van der Waals surface area contributed by atoms with Crippen LogP contribution in [-0.4, -0.2) is 18.1 Å². The van der Waals surface area contributed by atoms with Gasteiger partial charge in [-0.3, -0.25) is 0 Å². The first-order valence-corrected chi connectivity index (χ1v) is 10.5. The van der Waals surface area contributed by atoms with Crippen LogP contribution >= 0.6 is 11.3 Å². The van der Waals surface area contributed by atoms with Crippen molar-refractivity contribution in [3.05, 3.63) is 82.4 Å². The number of benzene rings is 2. The van der Waals surface area contributed by atoms with Crippen molar-refractivity contribution in [3.63, 3.8) is 0 Å². The minimum atomic E-state index is -0.455. The monoisotopic (exact) mass is 445 g/mol. The molecule has 2 aromatic heterocycles. The highest BCUT2D eigenvalue weighted by Gasteiger charge is 2.18. The van der Waals surface area contributed by atoms with E-state index >= 15 is 0 Å². The lowest BCUT2D eigenvalue weighted by atomic mass is 10.1. The summed E-state index contributed by atoms with van der Waals surface area (Å²) in [4.78, 5) is 16.1. The number of pyridine rings is 1. The van der Waals surface area contributed by atoms with Crippen molar-refractivity contribution in [1.82, 2.24) is 4.98 Å². The molecule has 0 aliphatic rings. The third kappa shape index (κ3) is 4.48. The predicted octanol–water partition coefficient (Wildman–Crippen LogP) is 4.69. The van der Waals surface area contributed by atoms with Crippen LogP contribution in [0.1, 0.15) is 27.0 Å². The number of hydrogen-bond acceptors (Lipinski definition) is 8. The molecule has 0 fully saturated rings. The molecule has 2 N–H and O–H groups in total. The van der Waals surface area contributed by atoms with Gasteiger partial charge in [-0.2, -0.15) is 5.26 Å². The summed E-state index contributed by atoms with van der Waals surface area (Å²) in [5.41, 5.74) is 8.86. The minimum Gasteiger partial charge on any atom is -0.489 e. The predicted molar refractivity (Wildman–Crippen MR) is 122 cm³/mol. The van der Waals surface area contributed by atoms with E-state index in [1.165, 1.54) is 24.6 Å². The summed E-state index contributed by atoms with van der Waals surface area (Å²) in [6.07, 6.45) is 1.43. The van der Waals surface area contributed by atoms with Crippen molar-refractivity contribution in [2.24, 2.45) is 0 Å². The second kappa shape index (κ2) is 9.37. The van der Waals surface area contributed by atoms with Crippen LogP contribution in [0.25, 0.3) is 10.1 Å². The van der Waals surface area contributed by atoms with E-state index in [4.69, 9.17) is 25.2 Å². The Labute approximate surface area is 188 Å². The summed E-state index contributed by atoms with van der Waals surface area (Å²) in [6, 6.07) is 16.7. The highest BCUT2D eigenvalue weighted by atomic mass is 32.1. The third-order valence-corrected chi connectivity index (χ3v) is 5.86. The molecule has 0 amide bonds. The van der Waals surface area contributed by atoms with E-state index in [1.54, 1.807) is 18.2 Å². The van der Waals surface area contributed by atoms with E-state index in [2.05, 4.69) is 11.1 Å². The molecule has 0 aliphatic heterocycles. The van der Waals surface area contributed by atoms with E-state index in [0.29, 0.717) is 40.4 Å². The number of nitrogen functional groups attached to an aromatic ring is 1. The molecule has 2 aromatic carbocycles. The van der Waals surface area contributed by atoms with Crippen molar-refractivity contribution in [2.45, 2.75) is 13.2 Å². The number of hydrogen-bond donors (Lipinski definition) is 1.